The Hall–Kier alpha value is -0.110. The second kappa shape index (κ2) is 3.48. The molecular weight excluding hydrogens is 240 g/mol. The number of alkyl halides is 1. The summed E-state index contributed by atoms with van der Waals surface area (Å²) in [6.07, 6.45) is 5.12. The molecule has 78 valence electrons. The largest absolute Gasteiger partial charge is 0.298 e. The SMILES string of the molecule is CC1=C(C)C[C@@]2(Br)C(=O)CCC[C@H]2C1. The molecular formula is C12H17BrO. The van der Waals surface area contributed by atoms with Crippen LogP contribution in [0.2, 0.25) is 0 Å². The lowest BCUT2D eigenvalue weighted by molar-refractivity contribution is -0.124. The number of hydrogen-bond donors (Lipinski definition) is 0. The van der Waals surface area contributed by atoms with Crippen LogP contribution in [-0.2, 0) is 4.79 Å². The minimum absolute atomic E-state index is 0.200. The number of rotatable bonds is 0. The summed E-state index contributed by atoms with van der Waals surface area (Å²) in [5, 5.41) is 0. The number of halogens is 1. The molecule has 2 rings (SSSR count). The molecule has 0 heterocycles. The summed E-state index contributed by atoms with van der Waals surface area (Å²) in [6, 6.07) is 0. The standard InChI is InChI=1S/C12H17BrO/c1-8-6-10-4-3-5-11(14)12(10,13)7-9(8)2/h10H,3-7H2,1-2H3/t10-,12-/m0/s1. The van der Waals surface area contributed by atoms with Crippen molar-refractivity contribution in [3.05, 3.63) is 11.1 Å². The fourth-order valence-corrected chi connectivity index (χ4v) is 3.77. The van der Waals surface area contributed by atoms with Gasteiger partial charge in [-0.05, 0) is 45.4 Å². The van der Waals surface area contributed by atoms with Crippen LogP contribution in [0.5, 0.6) is 0 Å². The van der Waals surface area contributed by atoms with Gasteiger partial charge in [0.2, 0.25) is 0 Å². The Morgan fingerprint density at radius 2 is 2.07 bits per heavy atom. The zero-order valence-electron chi connectivity index (χ0n) is 8.90. The summed E-state index contributed by atoms with van der Waals surface area (Å²) >= 11 is 3.72. The van der Waals surface area contributed by atoms with Gasteiger partial charge in [0.25, 0.3) is 0 Å². The van der Waals surface area contributed by atoms with Crippen molar-refractivity contribution in [3.8, 4) is 0 Å². The summed E-state index contributed by atoms with van der Waals surface area (Å²) in [5.74, 6) is 0.980. The highest BCUT2D eigenvalue weighted by atomic mass is 79.9. The number of fused-ring (bicyclic) bond motifs is 1. The minimum Gasteiger partial charge on any atom is -0.298 e. The lowest BCUT2D eigenvalue weighted by atomic mass is 9.68. The van der Waals surface area contributed by atoms with E-state index in [9.17, 15) is 4.79 Å². The molecule has 0 spiro atoms. The van der Waals surface area contributed by atoms with E-state index in [-0.39, 0.29) is 4.32 Å². The highest BCUT2D eigenvalue weighted by Gasteiger charge is 2.47. The summed E-state index contributed by atoms with van der Waals surface area (Å²) in [5.41, 5.74) is 2.91. The first-order valence-electron chi connectivity index (χ1n) is 5.41. The zero-order chi connectivity index (χ0) is 10.3. The van der Waals surface area contributed by atoms with E-state index < -0.39 is 0 Å². The first-order chi connectivity index (χ1) is 6.54. The molecule has 0 aromatic heterocycles. The predicted octanol–water partition coefficient (Wildman–Crippen LogP) is 3.62. The van der Waals surface area contributed by atoms with Gasteiger partial charge in [0.15, 0.2) is 0 Å². The second-order valence-corrected chi connectivity index (χ2v) is 6.23. The van der Waals surface area contributed by atoms with Gasteiger partial charge in [0.05, 0.1) is 4.32 Å². The van der Waals surface area contributed by atoms with Crippen molar-refractivity contribution in [2.45, 2.75) is 50.3 Å². The topological polar surface area (TPSA) is 17.1 Å². The van der Waals surface area contributed by atoms with Crippen LogP contribution in [0.4, 0.5) is 0 Å². The Bertz CT molecular complexity index is 305. The molecule has 0 saturated heterocycles. The Kier molecular flexibility index (Phi) is 2.59. The highest BCUT2D eigenvalue weighted by molar-refractivity contribution is 9.10. The van der Waals surface area contributed by atoms with E-state index >= 15 is 0 Å². The summed E-state index contributed by atoms with van der Waals surface area (Å²) in [4.78, 5) is 11.9. The first-order valence-corrected chi connectivity index (χ1v) is 6.21. The van der Waals surface area contributed by atoms with Gasteiger partial charge in [0, 0.05) is 6.42 Å². The number of allylic oxidation sites excluding steroid dienone is 2. The number of hydrogen-bond acceptors (Lipinski definition) is 1. The molecule has 1 fully saturated rings. The van der Waals surface area contributed by atoms with Gasteiger partial charge in [-0.2, -0.15) is 0 Å². The van der Waals surface area contributed by atoms with E-state index in [1.807, 2.05) is 0 Å². The van der Waals surface area contributed by atoms with Gasteiger partial charge in [-0.15, -0.1) is 0 Å². The van der Waals surface area contributed by atoms with Crippen LogP contribution in [0.25, 0.3) is 0 Å². The zero-order valence-corrected chi connectivity index (χ0v) is 10.5. The Morgan fingerprint density at radius 3 is 2.79 bits per heavy atom. The van der Waals surface area contributed by atoms with Crippen LogP contribution >= 0.6 is 15.9 Å². The van der Waals surface area contributed by atoms with Gasteiger partial charge in [-0.3, -0.25) is 4.79 Å². The number of Topliss-reactive ketones (excluding diaryl/α,β-unsaturated/α-hetero) is 1. The molecule has 2 aliphatic rings. The smallest absolute Gasteiger partial charge is 0.150 e. The summed E-state index contributed by atoms with van der Waals surface area (Å²) in [7, 11) is 0. The quantitative estimate of drug-likeness (QED) is 0.478. The predicted molar refractivity (Wildman–Crippen MR) is 61.6 cm³/mol. The average Bonchev–Trinajstić information content (AvgIpc) is 2.11. The van der Waals surface area contributed by atoms with Gasteiger partial charge in [-0.1, -0.05) is 27.1 Å². The lowest BCUT2D eigenvalue weighted by Gasteiger charge is -2.42. The molecule has 0 amide bonds. The van der Waals surface area contributed by atoms with Crippen molar-refractivity contribution in [1.82, 2.24) is 0 Å². The fraction of sp³-hybridized carbons (Fsp3) is 0.750. The molecule has 1 saturated carbocycles. The third-order valence-corrected chi connectivity index (χ3v) is 5.24. The van der Waals surface area contributed by atoms with Crippen molar-refractivity contribution in [3.63, 3.8) is 0 Å². The normalized spacial score (nSPS) is 38.5. The molecule has 0 aliphatic heterocycles. The van der Waals surface area contributed by atoms with E-state index in [0.29, 0.717) is 11.7 Å². The van der Waals surface area contributed by atoms with Crippen LogP contribution in [0.1, 0.15) is 46.0 Å². The molecule has 2 heteroatoms. The molecule has 2 aliphatic carbocycles. The molecule has 14 heavy (non-hydrogen) atoms. The van der Waals surface area contributed by atoms with Gasteiger partial charge >= 0.3 is 0 Å². The van der Waals surface area contributed by atoms with Crippen molar-refractivity contribution in [2.75, 3.05) is 0 Å². The van der Waals surface area contributed by atoms with E-state index in [1.54, 1.807) is 0 Å². The summed E-state index contributed by atoms with van der Waals surface area (Å²) in [6.45, 7) is 4.37. The molecule has 0 radical (unpaired) electrons. The van der Waals surface area contributed by atoms with Crippen LogP contribution in [0.15, 0.2) is 11.1 Å². The van der Waals surface area contributed by atoms with Crippen LogP contribution < -0.4 is 0 Å². The molecule has 2 atom stereocenters. The van der Waals surface area contributed by atoms with Crippen molar-refractivity contribution < 1.29 is 4.79 Å². The summed E-state index contributed by atoms with van der Waals surface area (Å²) < 4.78 is -0.200. The van der Waals surface area contributed by atoms with Gasteiger partial charge in [-0.25, -0.2) is 0 Å². The van der Waals surface area contributed by atoms with Crippen LogP contribution in [-0.4, -0.2) is 10.1 Å². The number of ketones is 1. The number of carbonyl (C=O) groups is 1. The maximum Gasteiger partial charge on any atom is 0.150 e. The van der Waals surface area contributed by atoms with Crippen molar-refractivity contribution in [2.24, 2.45) is 5.92 Å². The average molecular weight is 257 g/mol. The third-order valence-electron chi connectivity index (χ3n) is 3.87. The minimum atomic E-state index is -0.200. The second-order valence-electron chi connectivity index (χ2n) is 4.82. The molecule has 0 aromatic carbocycles. The maximum atomic E-state index is 11.9. The maximum absolute atomic E-state index is 11.9. The number of carbonyl (C=O) groups excluding carboxylic acids is 1. The van der Waals surface area contributed by atoms with Crippen molar-refractivity contribution in [1.29, 1.82) is 0 Å². The highest BCUT2D eigenvalue weighted by Crippen LogP contribution is 2.49. The van der Waals surface area contributed by atoms with Gasteiger partial charge < -0.3 is 0 Å². The Labute approximate surface area is 94.1 Å². The molecule has 0 unspecified atom stereocenters. The molecule has 1 nitrogen and oxygen atoms in total. The lowest BCUT2D eigenvalue weighted by Crippen LogP contribution is -2.45. The molecule has 0 aromatic rings. The third kappa shape index (κ3) is 1.48. The van der Waals surface area contributed by atoms with E-state index in [4.69, 9.17) is 0 Å². The van der Waals surface area contributed by atoms with E-state index in [1.165, 1.54) is 17.6 Å². The van der Waals surface area contributed by atoms with Gasteiger partial charge in [0.1, 0.15) is 5.78 Å². The molecule has 0 N–H and O–H groups in total. The van der Waals surface area contributed by atoms with Crippen molar-refractivity contribution >= 4 is 21.7 Å². The van der Waals surface area contributed by atoms with Crippen LogP contribution in [0.3, 0.4) is 0 Å². The molecule has 0 bridgehead atoms. The first kappa shape index (κ1) is 10.4. The Morgan fingerprint density at radius 1 is 1.36 bits per heavy atom. The van der Waals surface area contributed by atoms with E-state index in [0.717, 1.165) is 25.7 Å². The Balaban J connectivity index is 2.33. The van der Waals surface area contributed by atoms with Crippen LogP contribution in [0, 0.1) is 5.92 Å². The fourth-order valence-electron chi connectivity index (χ4n) is 2.76. The monoisotopic (exact) mass is 256 g/mol. The van der Waals surface area contributed by atoms with E-state index in [2.05, 4.69) is 29.8 Å².